The zero-order valence-corrected chi connectivity index (χ0v) is 11.5. The molecule has 19 heavy (non-hydrogen) atoms. The Bertz CT molecular complexity index is 503. The average Bonchev–Trinajstić information content (AvgIpc) is 2.65. The zero-order valence-electron chi connectivity index (χ0n) is 10.7. The van der Waals surface area contributed by atoms with Crippen LogP contribution in [0.3, 0.4) is 0 Å². The van der Waals surface area contributed by atoms with Crippen molar-refractivity contribution >= 4 is 28.4 Å². The molecule has 0 bridgehead atoms. The van der Waals surface area contributed by atoms with Gasteiger partial charge in [-0.05, 0) is 43.3 Å². The van der Waals surface area contributed by atoms with Gasteiger partial charge >= 0.3 is 5.97 Å². The molecule has 0 saturated heterocycles. The molecule has 1 aromatic heterocycles. The van der Waals surface area contributed by atoms with Crippen LogP contribution in [-0.4, -0.2) is 27.9 Å². The third kappa shape index (κ3) is 2.76. The summed E-state index contributed by atoms with van der Waals surface area (Å²) in [6, 6.07) is 0. The Hall–Kier alpha value is -1.47. The smallest absolute Gasteiger partial charge is 0.340 e. The second kappa shape index (κ2) is 5.26. The first-order valence-electron chi connectivity index (χ1n) is 6.17. The number of aromatic carboxylic acids is 1. The van der Waals surface area contributed by atoms with Crippen molar-refractivity contribution in [3.05, 3.63) is 11.3 Å². The van der Waals surface area contributed by atoms with E-state index < -0.39 is 5.97 Å². The highest BCUT2D eigenvalue weighted by molar-refractivity contribution is 7.11. The van der Waals surface area contributed by atoms with E-state index in [0.717, 1.165) is 30.8 Å². The summed E-state index contributed by atoms with van der Waals surface area (Å²) in [5.74, 6) is -1.25. The van der Waals surface area contributed by atoms with Crippen LogP contribution in [0, 0.1) is 12.3 Å². The van der Waals surface area contributed by atoms with Crippen LogP contribution in [-0.2, 0) is 4.79 Å². The Morgan fingerprint density at radius 3 is 2.68 bits per heavy atom. The minimum Gasteiger partial charge on any atom is -0.478 e. The molecule has 2 rings (SSSR count). The molecule has 0 unspecified atom stereocenters. The number of carboxylic acid groups (broad SMARTS) is 1. The minimum atomic E-state index is -1.07. The molecule has 0 spiro atoms. The van der Waals surface area contributed by atoms with E-state index in [1.165, 1.54) is 0 Å². The van der Waals surface area contributed by atoms with Crippen LogP contribution < -0.4 is 11.1 Å². The fraction of sp³-hybridized carbons (Fsp3) is 0.583. The molecule has 0 aromatic carbocycles. The number of carbonyl (C=O) groups excluding carboxylic acids is 1. The normalized spacial score (nSPS) is 16.7. The predicted molar refractivity (Wildman–Crippen MR) is 72.4 cm³/mol. The molecule has 0 aliphatic heterocycles. The largest absolute Gasteiger partial charge is 0.478 e. The fourth-order valence-corrected chi connectivity index (χ4v) is 3.15. The summed E-state index contributed by atoms with van der Waals surface area (Å²) >= 11 is 0.998. The topological polar surface area (TPSA) is 105 Å². The van der Waals surface area contributed by atoms with E-state index in [0.29, 0.717) is 23.7 Å². The highest BCUT2D eigenvalue weighted by Gasteiger charge is 2.37. The van der Waals surface area contributed by atoms with E-state index in [-0.39, 0.29) is 16.9 Å². The maximum Gasteiger partial charge on any atom is 0.340 e. The van der Waals surface area contributed by atoms with Crippen molar-refractivity contribution < 1.29 is 14.7 Å². The van der Waals surface area contributed by atoms with E-state index in [1.54, 1.807) is 6.92 Å². The van der Waals surface area contributed by atoms with Crippen molar-refractivity contribution in [1.29, 1.82) is 0 Å². The number of hydrogen-bond donors (Lipinski definition) is 3. The van der Waals surface area contributed by atoms with Crippen molar-refractivity contribution in [3.63, 3.8) is 0 Å². The number of anilines is 1. The van der Waals surface area contributed by atoms with Crippen molar-refractivity contribution in [2.75, 3.05) is 11.9 Å². The van der Waals surface area contributed by atoms with Crippen molar-refractivity contribution in [1.82, 2.24) is 4.37 Å². The molecule has 4 N–H and O–H groups in total. The minimum absolute atomic E-state index is 0.0776. The molecule has 0 radical (unpaired) electrons. The Morgan fingerprint density at radius 1 is 1.53 bits per heavy atom. The predicted octanol–water partition coefficient (Wildman–Crippen LogP) is 1.61. The van der Waals surface area contributed by atoms with Gasteiger partial charge in [0, 0.05) is 6.42 Å². The summed E-state index contributed by atoms with van der Waals surface area (Å²) in [6.07, 6.45) is 3.37. The van der Waals surface area contributed by atoms with Gasteiger partial charge in [-0.15, -0.1) is 0 Å². The summed E-state index contributed by atoms with van der Waals surface area (Å²) in [4.78, 5) is 23.1. The molecule has 1 amide bonds. The average molecular weight is 283 g/mol. The van der Waals surface area contributed by atoms with Crippen LogP contribution in [0.5, 0.6) is 0 Å². The summed E-state index contributed by atoms with van der Waals surface area (Å²) in [6.45, 7) is 2.11. The van der Waals surface area contributed by atoms with E-state index in [9.17, 15) is 9.59 Å². The van der Waals surface area contributed by atoms with Gasteiger partial charge in [0.1, 0.15) is 10.6 Å². The number of nitrogens with zero attached hydrogens (tertiary/aromatic N) is 1. The van der Waals surface area contributed by atoms with Gasteiger partial charge in [0.15, 0.2) is 0 Å². The Morgan fingerprint density at radius 2 is 2.21 bits per heavy atom. The Kier molecular flexibility index (Phi) is 3.86. The molecule has 1 aliphatic carbocycles. The Labute approximate surface area is 115 Å². The number of rotatable bonds is 5. The van der Waals surface area contributed by atoms with E-state index in [2.05, 4.69) is 9.69 Å². The lowest BCUT2D eigenvalue weighted by Crippen LogP contribution is -2.40. The maximum atomic E-state index is 12.0. The van der Waals surface area contributed by atoms with Crippen LogP contribution in [0.15, 0.2) is 0 Å². The highest BCUT2D eigenvalue weighted by Crippen LogP contribution is 2.43. The molecule has 1 saturated carbocycles. The number of hydrogen-bond acceptors (Lipinski definition) is 5. The first-order chi connectivity index (χ1) is 8.97. The van der Waals surface area contributed by atoms with Crippen LogP contribution >= 0.6 is 11.5 Å². The van der Waals surface area contributed by atoms with Gasteiger partial charge in [-0.3, -0.25) is 4.79 Å². The van der Waals surface area contributed by atoms with Gasteiger partial charge in [0.2, 0.25) is 5.91 Å². The molecule has 104 valence electrons. The molecule has 1 fully saturated rings. The highest BCUT2D eigenvalue weighted by atomic mass is 32.1. The number of nitrogens with two attached hydrogens (primary N) is 1. The monoisotopic (exact) mass is 283 g/mol. The van der Waals surface area contributed by atoms with Crippen molar-refractivity contribution in [3.8, 4) is 0 Å². The van der Waals surface area contributed by atoms with Gasteiger partial charge in [-0.2, -0.15) is 4.37 Å². The number of carboxylic acids is 1. The zero-order chi connectivity index (χ0) is 14.0. The SMILES string of the molecule is Cc1nsc(NC(=O)CC2(CN)CCC2)c1C(=O)O. The number of aromatic nitrogens is 1. The number of amides is 1. The quantitative estimate of drug-likeness (QED) is 0.761. The first-order valence-corrected chi connectivity index (χ1v) is 6.94. The lowest BCUT2D eigenvalue weighted by Gasteiger charge is -2.40. The molecule has 1 aromatic rings. The summed E-state index contributed by atoms with van der Waals surface area (Å²) in [5, 5.41) is 12.0. The van der Waals surface area contributed by atoms with Gasteiger partial charge < -0.3 is 16.2 Å². The van der Waals surface area contributed by atoms with E-state index in [1.807, 2.05) is 0 Å². The fourth-order valence-electron chi connectivity index (χ4n) is 2.35. The molecule has 1 aliphatic rings. The third-order valence-corrected chi connectivity index (χ3v) is 4.57. The second-order valence-electron chi connectivity index (χ2n) is 5.06. The number of nitrogens with one attached hydrogen (secondary N) is 1. The lowest BCUT2D eigenvalue weighted by molar-refractivity contribution is -0.119. The van der Waals surface area contributed by atoms with Crippen LogP contribution in [0.2, 0.25) is 0 Å². The molecule has 6 nitrogen and oxygen atoms in total. The molecular weight excluding hydrogens is 266 g/mol. The number of aryl methyl sites for hydroxylation is 1. The summed E-state index contributed by atoms with van der Waals surface area (Å²) in [5.41, 5.74) is 6.12. The standard InChI is InChI=1S/C12H17N3O3S/c1-7-9(11(17)18)10(19-15-7)14-8(16)5-12(6-13)3-2-4-12/h2-6,13H2,1H3,(H,14,16)(H,17,18). The maximum absolute atomic E-state index is 12.0. The van der Waals surface area contributed by atoms with Crippen molar-refractivity contribution in [2.24, 2.45) is 11.1 Å². The van der Waals surface area contributed by atoms with Gasteiger partial charge in [-0.25, -0.2) is 4.79 Å². The van der Waals surface area contributed by atoms with E-state index in [4.69, 9.17) is 10.8 Å². The van der Waals surface area contributed by atoms with E-state index >= 15 is 0 Å². The van der Waals surface area contributed by atoms with Gasteiger partial charge in [0.25, 0.3) is 0 Å². The third-order valence-electron chi connectivity index (χ3n) is 3.71. The Balaban J connectivity index is 2.05. The lowest BCUT2D eigenvalue weighted by atomic mass is 9.66. The van der Waals surface area contributed by atoms with Gasteiger partial charge in [-0.1, -0.05) is 6.42 Å². The summed E-state index contributed by atoms with van der Waals surface area (Å²) in [7, 11) is 0. The molecule has 0 atom stereocenters. The number of carbonyl (C=O) groups is 2. The molecular formula is C12H17N3O3S. The van der Waals surface area contributed by atoms with Crippen LogP contribution in [0.4, 0.5) is 5.00 Å². The van der Waals surface area contributed by atoms with Crippen LogP contribution in [0.25, 0.3) is 0 Å². The summed E-state index contributed by atoms with van der Waals surface area (Å²) < 4.78 is 3.96. The van der Waals surface area contributed by atoms with Crippen LogP contribution in [0.1, 0.15) is 41.7 Å². The second-order valence-corrected chi connectivity index (χ2v) is 5.83. The van der Waals surface area contributed by atoms with Gasteiger partial charge in [0.05, 0.1) is 5.69 Å². The first kappa shape index (κ1) is 14.0. The molecule has 1 heterocycles. The van der Waals surface area contributed by atoms with Crippen molar-refractivity contribution in [2.45, 2.75) is 32.6 Å². The molecule has 7 heteroatoms.